The molecule has 0 aliphatic carbocycles. The van der Waals surface area contributed by atoms with Crippen molar-refractivity contribution >= 4 is 27.4 Å². The fourth-order valence-corrected chi connectivity index (χ4v) is 2.71. The summed E-state index contributed by atoms with van der Waals surface area (Å²) in [5, 5.41) is 0. The van der Waals surface area contributed by atoms with Crippen LogP contribution in [0, 0.1) is 5.92 Å². The summed E-state index contributed by atoms with van der Waals surface area (Å²) in [5.41, 5.74) is 0.947. The van der Waals surface area contributed by atoms with Gasteiger partial charge in [0.1, 0.15) is 4.60 Å². The summed E-state index contributed by atoms with van der Waals surface area (Å²) in [6.45, 7) is 4.47. The summed E-state index contributed by atoms with van der Waals surface area (Å²) >= 11 is 3.46. The molecule has 1 aliphatic rings. The first-order chi connectivity index (χ1) is 8.24. The quantitative estimate of drug-likeness (QED) is 0.811. The van der Waals surface area contributed by atoms with Gasteiger partial charge in [-0.05, 0) is 34.7 Å². The first-order valence-corrected chi connectivity index (χ1v) is 6.77. The minimum atomic E-state index is 0.828. The number of rotatable bonds is 1. The number of piperidine rings is 1. The number of nitrogens with zero attached hydrogens (tertiary/aromatic N) is 4. The zero-order valence-corrected chi connectivity index (χ0v) is 11.4. The fraction of sp³-hybridized carbons (Fsp3) is 0.500. The highest BCUT2D eigenvalue weighted by atomic mass is 79.9. The zero-order chi connectivity index (χ0) is 11.8. The van der Waals surface area contributed by atoms with Crippen LogP contribution in [0.3, 0.4) is 0 Å². The third-order valence-electron chi connectivity index (χ3n) is 3.41. The molecule has 0 saturated carbocycles. The third kappa shape index (κ3) is 2.04. The predicted molar refractivity (Wildman–Crippen MR) is 71.3 cm³/mol. The average molecular weight is 295 g/mol. The van der Waals surface area contributed by atoms with E-state index in [4.69, 9.17) is 0 Å². The molecule has 0 N–H and O–H groups in total. The summed E-state index contributed by atoms with van der Waals surface area (Å²) in [6.07, 6.45) is 8.19. The molecule has 2 aromatic heterocycles. The van der Waals surface area contributed by atoms with Gasteiger partial charge in [-0.15, -0.1) is 0 Å². The molecule has 3 rings (SSSR count). The van der Waals surface area contributed by atoms with Crippen LogP contribution in [0.25, 0.3) is 5.65 Å². The second-order valence-corrected chi connectivity index (χ2v) is 5.53. The molecule has 0 bridgehead atoms. The normalized spacial score (nSPS) is 17.9. The van der Waals surface area contributed by atoms with E-state index in [9.17, 15) is 0 Å². The van der Waals surface area contributed by atoms with Crippen molar-refractivity contribution in [2.75, 3.05) is 18.0 Å². The maximum Gasteiger partial charge on any atom is 0.180 e. The summed E-state index contributed by atoms with van der Waals surface area (Å²) in [5.74, 6) is 1.82. The minimum Gasteiger partial charge on any atom is -0.353 e. The van der Waals surface area contributed by atoms with Gasteiger partial charge in [0.05, 0.1) is 0 Å². The summed E-state index contributed by atoms with van der Waals surface area (Å²) in [4.78, 5) is 11.3. The van der Waals surface area contributed by atoms with Crippen molar-refractivity contribution in [2.24, 2.45) is 5.92 Å². The van der Waals surface area contributed by atoms with Gasteiger partial charge in [0, 0.05) is 31.7 Å². The molecule has 1 saturated heterocycles. The Morgan fingerprint density at radius 2 is 2.12 bits per heavy atom. The summed E-state index contributed by atoms with van der Waals surface area (Å²) < 4.78 is 2.88. The lowest BCUT2D eigenvalue weighted by Crippen LogP contribution is -2.33. The van der Waals surface area contributed by atoms with E-state index in [2.05, 4.69) is 37.7 Å². The summed E-state index contributed by atoms with van der Waals surface area (Å²) in [6, 6.07) is 0. The summed E-state index contributed by atoms with van der Waals surface area (Å²) in [7, 11) is 0. The van der Waals surface area contributed by atoms with Crippen LogP contribution in [-0.2, 0) is 0 Å². The highest BCUT2D eigenvalue weighted by Crippen LogP contribution is 2.25. The Kier molecular flexibility index (Phi) is 2.78. The van der Waals surface area contributed by atoms with Crippen LogP contribution >= 0.6 is 15.9 Å². The standard InChI is InChI=1S/C12H15BrN4/c1-9-2-5-16(6-3-9)12-11-14-4-7-17(11)8-10(13)15-12/h4,7-9H,2-3,5-6H2,1H3. The van der Waals surface area contributed by atoms with Gasteiger partial charge in [0.2, 0.25) is 0 Å². The lowest BCUT2D eigenvalue weighted by Gasteiger charge is -2.31. The first-order valence-electron chi connectivity index (χ1n) is 5.98. The van der Waals surface area contributed by atoms with Crippen molar-refractivity contribution in [2.45, 2.75) is 19.8 Å². The molecule has 1 aliphatic heterocycles. The fourth-order valence-electron chi connectivity index (χ4n) is 2.32. The van der Waals surface area contributed by atoms with Crippen molar-refractivity contribution in [1.82, 2.24) is 14.4 Å². The number of fused-ring (bicyclic) bond motifs is 1. The molecular formula is C12H15BrN4. The molecule has 0 unspecified atom stereocenters. The number of hydrogen-bond acceptors (Lipinski definition) is 3. The first kappa shape index (κ1) is 11.0. The average Bonchev–Trinajstić information content (AvgIpc) is 2.77. The van der Waals surface area contributed by atoms with E-state index in [0.29, 0.717) is 0 Å². The van der Waals surface area contributed by atoms with Crippen LogP contribution in [0.2, 0.25) is 0 Å². The molecular weight excluding hydrogens is 280 g/mol. The maximum absolute atomic E-state index is 4.58. The Balaban J connectivity index is 2.01. The maximum atomic E-state index is 4.58. The van der Waals surface area contributed by atoms with Crippen molar-refractivity contribution < 1.29 is 0 Å². The lowest BCUT2D eigenvalue weighted by molar-refractivity contribution is 0.437. The second-order valence-electron chi connectivity index (χ2n) is 4.71. The molecule has 0 radical (unpaired) electrons. The highest BCUT2D eigenvalue weighted by molar-refractivity contribution is 9.10. The van der Waals surface area contributed by atoms with Crippen LogP contribution < -0.4 is 4.90 Å². The molecule has 4 nitrogen and oxygen atoms in total. The van der Waals surface area contributed by atoms with Gasteiger partial charge in [-0.3, -0.25) is 0 Å². The largest absolute Gasteiger partial charge is 0.353 e. The molecule has 17 heavy (non-hydrogen) atoms. The number of halogens is 1. The third-order valence-corrected chi connectivity index (χ3v) is 3.79. The molecule has 2 aromatic rings. The van der Waals surface area contributed by atoms with E-state index in [1.807, 2.05) is 23.0 Å². The van der Waals surface area contributed by atoms with E-state index in [-0.39, 0.29) is 0 Å². The van der Waals surface area contributed by atoms with E-state index >= 15 is 0 Å². The molecule has 0 amide bonds. The molecule has 1 fully saturated rings. The molecule has 0 spiro atoms. The SMILES string of the molecule is CC1CCN(c2nc(Br)cn3ccnc23)CC1. The molecule has 0 aromatic carbocycles. The second kappa shape index (κ2) is 4.29. The zero-order valence-electron chi connectivity index (χ0n) is 9.80. The predicted octanol–water partition coefficient (Wildman–Crippen LogP) is 2.73. The minimum absolute atomic E-state index is 0.828. The van der Waals surface area contributed by atoms with Gasteiger partial charge in [-0.25, -0.2) is 9.97 Å². The number of aromatic nitrogens is 3. The van der Waals surface area contributed by atoms with E-state index in [0.717, 1.165) is 35.1 Å². The number of hydrogen-bond donors (Lipinski definition) is 0. The van der Waals surface area contributed by atoms with Gasteiger partial charge >= 0.3 is 0 Å². The van der Waals surface area contributed by atoms with E-state index in [1.165, 1.54) is 12.8 Å². The Hall–Kier alpha value is -1.10. The van der Waals surface area contributed by atoms with Crippen molar-refractivity contribution in [3.63, 3.8) is 0 Å². The molecule has 0 atom stereocenters. The van der Waals surface area contributed by atoms with Crippen LogP contribution in [0.5, 0.6) is 0 Å². The molecule has 3 heterocycles. The van der Waals surface area contributed by atoms with Crippen LogP contribution in [-0.4, -0.2) is 27.5 Å². The Bertz CT molecular complexity index is 528. The van der Waals surface area contributed by atoms with Gasteiger partial charge < -0.3 is 9.30 Å². The van der Waals surface area contributed by atoms with Gasteiger partial charge in [-0.2, -0.15) is 0 Å². The number of anilines is 1. The Morgan fingerprint density at radius 1 is 1.35 bits per heavy atom. The Morgan fingerprint density at radius 3 is 2.88 bits per heavy atom. The highest BCUT2D eigenvalue weighted by Gasteiger charge is 2.20. The van der Waals surface area contributed by atoms with Crippen molar-refractivity contribution in [1.29, 1.82) is 0 Å². The van der Waals surface area contributed by atoms with Crippen LogP contribution in [0.4, 0.5) is 5.82 Å². The molecule has 90 valence electrons. The molecule has 5 heteroatoms. The van der Waals surface area contributed by atoms with Gasteiger partial charge in [-0.1, -0.05) is 6.92 Å². The van der Waals surface area contributed by atoms with E-state index in [1.54, 1.807) is 0 Å². The smallest absolute Gasteiger partial charge is 0.180 e. The van der Waals surface area contributed by atoms with Crippen LogP contribution in [0.1, 0.15) is 19.8 Å². The topological polar surface area (TPSA) is 33.4 Å². The van der Waals surface area contributed by atoms with Crippen LogP contribution in [0.15, 0.2) is 23.2 Å². The van der Waals surface area contributed by atoms with Crippen molar-refractivity contribution in [3.8, 4) is 0 Å². The Labute approximate surface area is 109 Å². The number of imidazole rings is 1. The van der Waals surface area contributed by atoms with Gasteiger partial charge in [0.25, 0.3) is 0 Å². The van der Waals surface area contributed by atoms with Gasteiger partial charge in [0.15, 0.2) is 11.5 Å². The lowest BCUT2D eigenvalue weighted by atomic mass is 9.99. The van der Waals surface area contributed by atoms with E-state index < -0.39 is 0 Å². The monoisotopic (exact) mass is 294 g/mol. The van der Waals surface area contributed by atoms with Crippen molar-refractivity contribution in [3.05, 3.63) is 23.2 Å².